The number of hydrazine groups is 1. The fourth-order valence-corrected chi connectivity index (χ4v) is 2.43. The molecule has 0 fully saturated rings. The van der Waals surface area contributed by atoms with E-state index in [1.54, 1.807) is 7.11 Å². The van der Waals surface area contributed by atoms with Gasteiger partial charge in [-0.15, -0.1) is 0 Å². The van der Waals surface area contributed by atoms with Gasteiger partial charge in [-0.25, -0.2) is 0 Å². The van der Waals surface area contributed by atoms with Crippen LogP contribution in [0.3, 0.4) is 0 Å². The third-order valence-electron chi connectivity index (χ3n) is 3.19. The Bertz CT molecular complexity index is 468. The Morgan fingerprint density at radius 1 is 1.27 bits per heavy atom. The first-order valence-corrected chi connectivity index (χ1v) is 7.89. The molecule has 0 saturated heterocycles. The van der Waals surface area contributed by atoms with Crippen LogP contribution in [0.15, 0.2) is 30.3 Å². The van der Waals surface area contributed by atoms with Crippen molar-refractivity contribution in [2.24, 2.45) is 0 Å². The third kappa shape index (κ3) is 6.41. The molecule has 0 aliphatic heterocycles. The number of hydrogen-bond acceptors (Lipinski definition) is 3. The van der Waals surface area contributed by atoms with E-state index in [1.165, 1.54) is 0 Å². The van der Waals surface area contributed by atoms with Gasteiger partial charge in [-0.05, 0) is 31.1 Å². The van der Waals surface area contributed by atoms with Crippen molar-refractivity contribution in [1.29, 1.82) is 0 Å². The van der Waals surface area contributed by atoms with Crippen molar-refractivity contribution in [2.45, 2.75) is 38.6 Å². The Morgan fingerprint density at radius 2 is 1.95 bits per heavy atom. The molecule has 0 aromatic heterocycles. The first-order chi connectivity index (χ1) is 10.6. The number of nitrogens with one attached hydrogen (secondary N) is 3. The van der Waals surface area contributed by atoms with E-state index in [9.17, 15) is 4.79 Å². The molecule has 1 aromatic rings. The van der Waals surface area contributed by atoms with Crippen LogP contribution in [0.5, 0.6) is 0 Å². The maximum Gasteiger partial charge on any atom is 0.245 e. The molecule has 6 heteroatoms. The molecule has 0 aliphatic carbocycles. The number of hydrogen-bond donors (Lipinski definition) is 3. The zero-order valence-corrected chi connectivity index (χ0v) is 14.2. The number of carbonyl (C=O) groups excluding carboxylic acids is 1. The molecule has 0 aliphatic rings. The minimum atomic E-state index is -0.183. The Morgan fingerprint density at radius 3 is 2.55 bits per heavy atom. The highest BCUT2D eigenvalue weighted by molar-refractivity contribution is 7.80. The topological polar surface area (TPSA) is 62.4 Å². The zero-order chi connectivity index (χ0) is 16.4. The van der Waals surface area contributed by atoms with Crippen LogP contribution in [0.25, 0.3) is 0 Å². The molecule has 2 atom stereocenters. The smallest absolute Gasteiger partial charge is 0.245 e. The van der Waals surface area contributed by atoms with Crippen LogP contribution >= 0.6 is 12.2 Å². The number of methoxy groups -OCH3 is 1. The monoisotopic (exact) mass is 323 g/mol. The molecular formula is C16H25N3O2S. The molecule has 0 heterocycles. The average molecular weight is 323 g/mol. The number of amides is 1. The molecule has 0 saturated carbocycles. The van der Waals surface area contributed by atoms with Crippen molar-refractivity contribution in [3.63, 3.8) is 0 Å². The SMILES string of the molecule is CCC[C@@H](C(=O)NNC(=S)N[C@H](C)COC)c1ccccc1. The summed E-state index contributed by atoms with van der Waals surface area (Å²) in [6.45, 7) is 4.55. The van der Waals surface area contributed by atoms with Gasteiger partial charge in [0.15, 0.2) is 5.11 Å². The normalized spacial score (nSPS) is 13.0. The minimum absolute atomic E-state index is 0.0717. The van der Waals surface area contributed by atoms with Gasteiger partial charge in [0, 0.05) is 13.2 Å². The molecule has 0 bridgehead atoms. The summed E-state index contributed by atoms with van der Waals surface area (Å²) in [6, 6.07) is 9.84. The molecule has 22 heavy (non-hydrogen) atoms. The van der Waals surface area contributed by atoms with E-state index in [-0.39, 0.29) is 17.9 Å². The van der Waals surface area contributed by atoms with Gasteiger partial charge in [-0.3, -0.25) is 15.6 Å². The summed E-state index contributed by atoms with van der Waals surface area (Å²) in [6.07, 6.45) is 1.72. The first-order valence-electron chi connectivity index (χ1n) is 7.48. The average Bonchev–Trinajstić information content (AvgIpc) is 2.51. The summed E-state index contributed by atoms with van der Waals surface area (Å²) in [5.74, 6) is -0.269. The molecule has 3 N–H and O–H groups in total. The summed E-state index contributed by atoms with van der Waals surface area (Å²) < 4.78 is 5.02. The van der Waals surface area contributed by atoms with Gasteiger partial charge in [0.25, 0.3) is 0 Å². The Balaban J connectivity index is 2.52. The van der Waals surface area contributed by atoms with Gasteiger partial charge < -0.3 is 10.1 Å². The maximum absolute atomic E-state index is 12.4. The standard InChI is InChI=1S/C16H25N3O2S/c1-4-8-14(13-9-6-5-7-10-13)15(20)18-19-16(22)17-12(2)11-21-3/h5-7,9-10,12,14H,4,8,11H2,1-3H3,(H,18,20)(H2,17,19,22)/t12-,14-/m1/s1. The second-order valence-corrected chi connectivity index (χ2v) is 5.60. The number of ether oxygens (including phenoxy) is 1. The molecule has 0 unspecified atom stereocenters. The van der Waals surface area contributed by atoms with E-state index in [2.05, 4.69) is 23.1 Å². The predicted octanol–water partition coefficient (Wildman–Crippen LogP) is 2.10. The highest BCUT2D eigenvalue weighted by Crippen LogP contribution is 2.20. The zero-order valence-electron chi connectivity index (χ0n) is 13.4. The molecule has 1 rings (SSSR count). The van der Waals surface area contributed by atoms with Gasteiger partial charge in [0.2, 0.25) is 5.91 Å². The summed E-state index contributed by atoms with van der Waals surface area (Å²) in [5.41, 5.74) is 6.43. The Kier molecular flexibility index (Phi) is 8.47. The van der Waals surface area contributed by atoms with E-state index in [0.29, 0.717) is 11.7 Å². The van der Waals surface area contributed by atoms with Crippen LogP contribution in [0.4, 0.5) is 0 Å². The molecule has 0 radical (unpaired) electrons. The van der Waals surface area contributed by atoms with Crippen LogP contribution < -0.4 is 16.2 Å². The highest BCUT2D eigenvalue weighted by Gasteiger charge is 2.19. The molecule has 5 nitrogen and oxygen atoms in total. The van der Waals surface area contributed by atoms with Crippen molar-refractivity contribution in [3.8, 4) is 0 Å². The van der Waals surface area contributed by atoms with Crippen molar-refractivity contribution >= 4 is 23.2 Å². The van der Waals surface area contributed by atoms with Gasteiger partial charge in [0.05, 0.1) is 12.5 Å². The van der Waals surface area contributed by atoms with Crippen LogP contribution in [-0.4, -0.2) is 30.8 Å². The highest BCUT2D eigenvalue weighted by atomic mass is 32.1. The third-order valence-corrected chi connectivity index (χ3v) is 3.41. The van der Waals surface area contributed by atoms with Crippen molar-refractivity contribution in [1.82, 2.24) is 16.2 Å². The second-order valence-electron chi connectivity index (χ2n) is 5.20. The molecule has 122 valence electrons. The van der Waals surface area contributed by atoms with Crippen LogP contribution in [-0.2, 0) is 9.53 Å². The quantitative estimate of drug-likeness (QED) is 0.530. The first kappa shape index (κ1) is 18.4. The fourth-order valence-electron chi connectivity index (χ4n) is 2.18. The number of thiocarbonyl (C=S) groups is 1. The van der Waals surface area contributed by atoms with E-state index in [4.69, 9.17) is 17.0 Å². The van der Waals surface area contributed by atoms with Gasteiger partial charge >= 0.3 is 0 Å². The van der Waals surface area contributed by atoms with Crippen LogP contribution in [0.2, 0.25) is 0 Å². The number of rotatable bonds is 7. The van der Waals surface area contributed by atoms with Crippen molar-refractivity contribution < 1.29 is 9.53 Å². The molecular weight excluding hydrogens is 298 g/mol. The van der Waals surface area contributed by atoms with Crippen molar-refractivity contribution in [2.75, 3.05) is 13.7 Å². The fraction of sp³-hybridized carbons (Fsp3) is 0.500. The minimum Gasteiger partial charge on any atom is -0.383 e. The lowest BCUT2D eigenvalue weighted by Crippen LogP contribution is -2.51. The van der Waals surface area contributed by atoms with E-state index in [1.807, 2.05) is 37.3 Å². The Hall–Kier alpha value is -1.66. The molecule has 1 aromatic carbocycles. The van der Waals surface area contributed by atoms with Gasteiger partial charge in [-0.1, -0.05) is 43.7 Å². The van der Waals surface area contributed by atoms with E-state index in [0.717, 1.165) is 18.4 Å². The molecule has 0 spiro atoms. The number of carbonyl (C=O) groups is 1. The van der Waals surface area contributed by atoms with Gasteiger partial charge in [-0.2, -0.15) is 0 Å². The summed E-state index contributed by atoms with van der Waals surface area (Å²) in [5, 5.41) is 3.40. The summed E-state index contributed by atoms with van der Waals surface area (Å²) in [4.78, 5) is 12.4. The second kappa shape index (κ2) is 10.1. The Labute approximate surface area is 137 Å². The molecule has 1 amide bonds. The van der Waals surface area contributed by atoms with Crippen LogP contribution in [0.1, 0.15) is 38.2 Å². The predicted molar refractivity (Wildman–Crippen MR) is 92.4 cm³/mol. The van der Waals surface area contributed by atoms with E-state index < -0.39 is 0 Å². The van der Waals surface area contributed by atoms with Gasteiger partial charge in [0.1, 0.15) is 0 Å². The lowest BCUT2D eigenvalue weighted by atomic mass is 9.94. The maximum atomic E-state index is 12.4. The van der Waals surface area contributed by atoms with E-state index >= 15 is 0 Å². The number of benzene rings is 1. The summed E-state index contributed by atoms with van der Waals surface area (Å²) in [7, 11) is 1.63. The largest absolute Gasteiger partial charge is 0.383 e. The summed E-state index contributed by atoms with van der Waals surface area (Å²) >= 11 is 5.14. The lowest BCUT2D eigenvalue weighted by molar-refractivity contribution is -0.123. The van der Waals surface area contributed by atoms with Crippen molar-refractivity contribution in [3.05, 3.63) is 35.9 Å². The van der Waals surface area contributed by atoms with Crippen LogP contribution in [0, 0.1) is 0 Å². The lowest BCUT2D eigenvalue weighted by Gasteiger charge is -2.20.